The molecule has 0 spiro atoms. The molecule has 0 N–H and O–H groups in total. The SMILES string of the molecule is Cc1ccc([C@H]2SCCN2C(=O)c2ccc3ccccc3c2)s1. The number of thiophene rings is 1. The van der Waals surface area contributed by atoms with Gasteiger partial charge in [0.05, 0.1) is 0 Å². The van der Waals surface area contributed by atoms with Gasteiger partial charge in [-0.2, -0.15) is 0 Å². The van der Waals surface area contributed by atoms with E-state index in [0.29, 0.717) is 0 Å². The maximum Gasteiger partial charge on any atom is 0.255 e. The average Bonchev–Trinajstić information content (AvgIpc) is 3.22. The molecule has 1 amide bonds. The number of nitrogens with zero attached hydrogens (tertiary/aromatic N) is 1. The van der Waals surface area contributed by atoms with Gasteiger partial charge in [-0.25, -0.2) is 0 Å². The van der Waals surface area contributed by atoms with Crippen LogP contribution in [0.15, 0.2) is 54.6 Å². The minimum atomic E-state index is 0.136. The van der Waals surface area contributed by atoms with Crippen molar-refractivity contribution in [3.8, 4) is 0 Å². The number of benzene rings is 2. The first-order valence-electron chi connectivity index (χ1n) is 7.70. The third-order valence-electron chi connectivity index (χ3n) is 4.15. The second-order valence-electron chi connectivity index (χ2n) is 5.73. The number of carbonyl (C=O) groups is 1. The molecule has 1 aromatic heterocycles. The lowest BCUT2D eigenvalue weighted by Gasteiger charge is -2.23. The minimum Gasteiger partial charge on any atom is -0.321 e. The van der Waals surface area contributed by atoms with Gasteiger partial charge in [-0.1, -0.05) is 30.3 Å². The molecule has 116 valence electrons. The predicted octanol–water partition coefficient (Wildman–Crippen LogP) is 5.10. The van der Waals surface area contributed by atoms with Crippen molar-refractivity contribution >= 4 is 39.8 Å². The minimum absolute atomic E-state index is 0.136. The van der Waals surface area contributed by atoms with Crippen molar-refractivity contribution < 1.29 is 4.79 Å². The average molecular weight is 339 g/mol. The summed E-state index contributed by atoms with van der Waals surface area (Å²) in [6, 6.07) is 18.5. The molecule has 0 bridgehead atoms. The maximum absolute atomic E-state index is 13.0. The zero-order chi connectivity index (χ0) is 15.8. The Morgan fingerprint density at radius 2 is 1.91 bits per heavy atom. The van der Waals surface area contributed by atoms with Gasteiger partial charge in [0.15, 0.2) is 0 Å². The molecule has 2 nitrogen and oxygen atoms in total. The molecule has 3 aromatic rings. The Morgan fingerprint density at radius 1 is 1.09 bits per heavy atom. The molecule has 2 aromatic carbocycles. The Bertz CT molecular complexity index is 870. The number of thioether (sulfide) groups is 1. The van der Waals surface area contributed by atoms with Gasteiger partial charge >= 0.3 is 0 Å². The van der Waals surface area contributed by atoms with Crippen LogP contribution in [0.5, 0.6) is 0 Å². The quantitative estimate of drug-likeness (QED) is 0.647. The van der Waals surface area contributed by atoms with Gasteiger partial charge in [0.1, 0.15) is 5.37 Å². The highest BCUT2D eigenvalue weighted by atomic mass is 32.2. The highest BCUT2D eigenvalue weighted by Gasteiger charge is 2.32. The summed E-state index contributed by atoms with van der Waals surface area (Å²) in [7, 11) is 0. The summed E-state index contributed by atoms with van der Waals surface area (Å²) in [4.78, 5) is 17.6. The fraction of sp³-hybridized carbons (Fsp3) is 0.211. The lowest BCUT2D eigenvalue weighted by molar-refractivity contribution is 0.0762. The maximum atomic E-state index is 13.0. The molecular formula is C19H17NOS2. The Kier molecular flexibility index (Phi) is 3.87. The van der Waals surface area contributed by atoms with Crippen LogP contribution in [0, 0.1) is 6.92 Å². The van der Waals surface area contributed by atoms with Crippen LogP contribution in [0.3, 0.4) is 0 Å². The molecule has 1 fully saturated rings. The molecule has 0 aliphatic carbocycles. The largest absolute Gasteiger partial charge is 0.321 e. The summed E-state index contributed by atoms with van der Waals surface area (Å²) >= 11 is 3.65. The summed E-state index contributed by atoms with van der Waals surface area (Å²) < 4.78 is 0. The van der Waals surface area contributed by atoms with E-state index in [2.05, 4.69) is 31.2 Å². The van der Waals surface area contributed by atoms with E-state index in [9.17, 15) is 4.79 Å². The van der Waals surface area contributed by atoms with E-state index >= 15 is 0 Å². The van der Waals surface area contributed by atoms with Crippen LogP contribution in [0.2, 0.25) is 0 Å². The van der Waals surface area contributed by atoms with Gasteiger partial charge in [0.2, 0.25) is 0 Å². The lowest BCUT2D eigenvalue weighted by atomic mass is 10.1. The summed E-state index contributed by atoms with van der Waals surface area (Å²) in [6.45, 7) is 2.93. The van der Waals surface area contributed by atoms with Gasteiger partial charge in [0.25, 0.3) is 5.91 Å². The van der Waals surface area contributed by atoms with E-state index in [1.807, 2.05) is 47.0 Å². The van der Waals surface area contributed by atoms with Crippen molar-refractivity contribution in [2.45, 2.75) is 12.3 Å². The number of amides is 1. The Balaban J connectivity index is 1.66. The van der Waals surface area contributed by atoms with Gasteiger partial charge in [-0.15, -0.1) is 23.1 Å². The Morgan fingerprint density at radius 3 is 2.70 bits per heavy atom. The summed E-state index contributed by atoms with van der Waals surface area (Å²) in [5.74, 6) is 1.14. The van der Waals surface area contributed by atoms with Gasteiger partial charge in [-0.05, 0) is 42.0 Å². The Hall–Kier alpha value is -1.78. The molecule has 0 unspecified atom stereocenters. The first kappa shape index (κ1) is 14.8. The summed E-state index contributed by atoms with van der Waals surface area (Å²) in [5, 5.41) is 2.45. The molecular weight excluding hydrogens is 322 g/mol. The molecule has 1 atom stereocenters. The highest BCUT2D eigenvalue weighted by Crippen LogP contribution is 2.41. The van der Waals surface area contributed by atoms with E-state index in [-0.39, 0.29) is 11.3 Å². The molecule has 0 radical (unpaired) electrons. The van der Waals surface area contributed by atoms with Crippen LogP contribution >= 0.6 is 23.1 Å². The molecule has 23 heavy (non-hydrogen) atoms. The monoisotopic (exact) mass is 339 g/mol. The molecule has 2 heterocycles. The standard InChI is InChI=1S/C19H17NOS2/c1-13-6-9-17(23-13)19-20(10-11-22-19)18(21)16-8-7-14-4-2-3-5-15(14)12-16/h2-9,12,19H,10-11H2,1H3/t19-/m1/s1. The van der Waals surface area contributed by atoms with Gasteiger partial charge in [0, 0.05) is 27.6 Å². The van der Waals surface area contributed by atoms with E-state index in [1.165, 1.54) is 15.1 Å². The van der Waals surface area contributed by atoms with Crippen LogP contribution in [-0.4, -0.2) is 23.1 Å². The molecule has 1 saturated heterocycles. The van der Waals surface area contributed by atoms with Gasteiger partial charge < -0.3 is 4.90 Å². The van der Waals surface area contributed by atoms with E-state index in [1.54, 1.807) is 11.3 Å². The normalized spacial score (nSPS) is 17.8. The third-order valence-corrected chi connectivity index (χ3v) is 6.60. The fourth-order valence-electron chi connectivity index (χ4n) is 2.99. The zero-order valence-electron chi connectivity index (χ0n) is 12.9. The molecule has 1 aliphatic heterocycles. The lowest BCUT2D eigenvalue weighted by Crippen LogP contribution is -2.30. The Labute approximate surface area is 144 Å². The van der Waals surface area contributed by atoms with Crippen LogP contribution in [0.25, 0.3) is 10.8 Å². The first-order valence-corrected chi connectivity index (χ1v) is 9.56. The first-order chi connectivity index (χ1) is 11.2. The number of aryl methyl sites for hydroxylation is 1. The number of hydrogen-bond acceptors (Lipinski definition) is 3. The van der Waals surface area contributed by atoms with Crippen molar-refractivity contribution in [1.29, 1.82) is 0 Å². The van der Waals surface area contributed by atoms with Crippen molar-refractivity contribution in [3.05, 3.63) is 69.9 Å². The van der Waals surface area contributed by atoms with Crippen molar-refractivity contribution in [3.63, 3.8) is 0 Å². The van der Waals surface area contributed by atoms with Crippen molar-refractivity contribution in [2.24, 2.45) is 0 Å². The molecule has 4 heteroatoms. The second kappa shape index (κ2) is 6.02. The van der Waals surface area contributed by atoms with Crippen molar-refractivity contribution in [2.75, 3.05) is 12.3 Å². The zero-order valence-corrected chi connectivity index (χ0v) is 14.5. The second-order valence-corrected chi connectivity index (χ2v) is 8.24. The van der Waals surface area contributed by atoms with Crippen LogP contribution < -0.4 is 0 Å². The van der Waals surface area contributed by atoms with Gasteiger partial charge in [-0.3, -0.25) is 4.79 Å². The van der Waals surface area contributed by atoms with Crippen LogP contribution in [0.1, 0.15) is 25.5 Å². The molecule has 4 rings (SSSR count). The summed E-state index contributed by atoms with van der Waals surface area (Å²) in [5.41, 5.74) is 0.782. The van der Waals surface area contributed by atoms with Crippen molar-refractivity contribution in [1.82, 2.24) is 4.90 Å². The van der Waals surface area contributed by atoms with E-state index in [4.69, 9.17) is 0 Å². The predicted molar refractivity (Wildman–Crippen MR) is 99.2 cm³/mol. The topological polar surface area (TPSA) is 20.3 Å². The third kappa shape index (κ3) is 2.77. The number of hydrogen-bond donors (Lipinski definition) is 0. The number of carbonyl (C=O) groups excluding carboxylic acids is 1. The smallest absolute Gasteiger partial charge is 0.255 e. The number of rotatable bonds is 2. The summed E-state index contributed by atoms with van der Waals surface area (Å²) in [6.07, 6.45) is 0. The van der Waals surface area contributed by atoms with E-state index in [0.717, 1.165) is 23.2 Å². The highest BCUT2D eigenvalue weighted by molar-refractivity contribution is 7.99. The molecule has 1 aliphatic rings. The van der Waals surface area contributed by atoms with Crippen LogP contribution in [-0.2, 0) is 0 Å². The molecule has 0 saturated carbocycles. The number of fused-ring (bicyclic) bond motifs is 1. The fourth-order valence-corrected chi connectivity index (χ4v) is 5.36. The van der Waals surface area contributed by atoms with Crippen LogP contribution in [0.4, 0.5) is 0 Å². The van der Waals surface area contributed by atoms with E-state index < -0.39 is 0 Å².